The molecule has 1 atom stereocenters. The third-order valence-corrected chi connectivity index (χ3v) is 5.91. The highest BCUT2D eigenvalue weighted by molar-refractivity contribution is 5.68. The van der Waals surface area contributed by atoms with Crippen molar-refractivity contribution in [3.8, 4) is 5.75 Å². The Bertz CT molecular complexity index is 815. The van der Waals surface area contributed by atoms with Gasteiger partial charge in [0.1, 0.15) is 5.75 Å². The number of rotatable bonds is 0. The van der Waals surface area contributed by atoms with Crippen LogP contribution in [0.3, 0.4) is 0 Å². The zero-order valence-electron chi connectivity index (χ0n) is 15.6. The van der Waals surface area contributed by atoms with E-state index in [2.05, 4.69) is 88.9 Å². The Morgan fingerprint density at radius 2 is 1.75 bits per heavy atom. The van der Waals surface area contributed by atoms with Gasteiger partial charge in [-0.1, -0.05) is 56.7 Å². The quantitative estimate of drug-likeness (QED) is 0.641. The van der Waals surface area contributed by atoms with E-state index in [-0.39, 0.29) is 10.8 Å². The van der Waals surface area contributed by atoms with Crippen LogP contribution in [0.5, 0.6) is 5.75 Å². The van der Waals surface area contributed by atoms with Crippen LogP contribution < -0.4 is 9.64 Å². The highest BCUT2D eigenvalue weighted by Gasteiger charge is 2.66. The van der Waals surface area contributed by atoms with Crippen molar-refractivity contribution < 1.29 is 4.74 Å². The molecule has 2 heteroatoms. The van der Waals surface area contributed by atoms with Crippen LogP contribution in [0.4, 0.5) is 5.69 Å². The van der Waals surface area contributed by atoms with Gasteiger partial charge in [-0.2, -0.15) is 0 Å². The standard InChI is InChI=1S/C22H27NO/c1-15-11-12-19-16(13-15)14-23-18-10-8-7-9-17(18)21(5,6)22(23,24-19)20(2,3)4/h7-13H,14H2,1-6H3. The van der Waals surface area contributed by atoms with Gasteiger partial charge in [-0.3, -0.25) is 0 Å². The number of hydrogen-bond donors (Lipinski definition) is 0. The van der Waals surface area contributed by atoms with Crippen molar-refractivity contribution in [3.63, 3.8) is 0 Å². The molecule has 2 nitrogen and oxygen atoms in total. The second-order valence-electron chi connectivity index (χ2n) is 8.84. The van der Waals surface area contributed by atoms with Crippen molar-refractivity contribution in [1.29, 1.82) is 0 Å². The number of ether oxygens (including phenoxy) is 1. The molecular formula is C22H27NO. The second-order valence-corrected chi connectivity index (χ2v) is 8.84. The van der Waals surface area contributed by atoms with Gasteiger partial charge in [0.15, 0.2) is 5.72 Å². The molecule has 4 rings (SSSR count). The van der Waals surface area contributed by atoms with E-state index in [0.29, 0.717) is 0 Å². The summed E-state index contributed by atoms with van der Waals surface area (Å²) in [6.45, 7) is 14.6. The van der Waals surface area contributed by atoms with Gasteiger partial charge in [0.25, 0.3) is 0 Å². The van der Waals surface area contributed by atoms with Crippen molar-refractivity contribution in [2.45, 2.75) is 59.2 Å². The zero-order valence-corrected chi connectivity index (χ0v) is 15.6. The molecule has 1 unspecified atom stereocenters. The average Bonchev–Trinajstić information content (AvgIpc) is 2.71. The number of fused-ring (bicyclic) bond motifs is 4. The summed E-state index contributed by atoms with van der Waals surface area (Å²) in [6.07, 6.45) is 0. The monoisotopic (exact) mass is 321 g/mol. The lowest BCUT2D eigenvalue weighted by Crippen LogP contribution is -2.68. The highest BCUT2D eigenvalue weighted by atomic mass is 16.5. The van der Waals surface area contributed by atoms with Gasteiger partial charge in [-0.25, -0.2) is 0 Å². The Morgan fingerprint density at radius 1 is 1.04 bits per heavy atom. The Morgan fingerprint density at radius 3 is 2.46 bits per heavy atom. The molecule has 2 aromatic carbocycles. The fourth-order valence-corrected chi connectivity index (χ4v) is 5.06. The van der Waals surface area contributed by atoms with Gasteiger partial charge in [-0.05, 0) is 38.5 Å². The first-order valence-corrected chi connectivity index (χ1v) is 8.84. The highest BCUT2D eigenvalue weighted by Crippen LogP contribution is 2.61. The fourth-order valence-electron chi connectivity index (χ4n) is 5.06. The molecule has 0 N–H and O–H groups in total. The minimum absolute atomic E-state index is 0.0436. The van der Waals surface area contributed by atoms with Crippen LogP contribution in [0.2, 0.25) is 0 Å². The predicted octanol–water partition coefficient (Wildman–Crippen LogP) is 5.43. The summed E-state index contributed by atoms with van der Waals surface area (Å²) in [7, 11) is 0. The third kappa shape index (κ3) is 1.72. The smallest absolute Gasteiger partial charge is 0.197 e. The fraction of sp³-hybridized carbons (Fsp3) is 0.455. The van der Waals surface area contributed by atoms with Crippen molar-refractivity contribution in [2.75, 3.05) is 4.90 Å². The molecule has 2 aliphatic heterocycles. The van der Waals surface area contributed by atoms with Gasteiger partial charge in [0, 0.05) is 16.7 Å². The summed E-state index contributed by atoms with van der Waals surface area (Å²) in [6, 6.07) is 15.4. The SMILES string of the molecule is Cc1ccc2c(c1)CN1c3ccccc3C(C)(C)C1(C(C)(C)C)O2. The van der Waals surface area contributed by atoms with E-state index in [4.69, 9.17) is 4.74 Å². The molecule has 0 radical (unpaired) electrons. The summed E-state index contributed by atoms with van der Waals surface area (Å²) < 4.78 is 6.89. The minimum Gasteiger partial charge on any atom is -0.466 e. The van der Waals surface area contributed by atoms with Gasteiger partial charge in [-0.15, -0.1) is 0 Å². The van der Waals surface area contributed by atoms with E-state index in [1.54, 1.807) is 0 Å². The molecule has 0 amide bonds. The molecule has 0 bridgehead atoms. The lowest BCUT2D eigenvalue weighted by Gasteiger charge is -2.57. The lowest BCUT2D eigenvalue weighted by molar-refractivity contribution is -0.0889. The summed E-state index contributed by atoms with van der Waals surface area (Å²) in [5.74, 6) is 1.03. The molecular weight excluding hydrogens is 294 g/mol. The van der Waals surface area contributed by atoms with E-state index in [9.17, 15) is 0 Å². The van der Waals surface area contributed by atoms with Crippen LogP contribution in [0.1, 0.15) is 51.3 Å². The maximum absolute atomic E-state index is 6.89. The number of nitrogens with zero attached hydrogens (tertiary/aromatic N) is 1. The molecule has 126 valence electrons. The van der Waals surface area contributed by atoms with E-state index >= 15 is 0 Å². The molecule has 0 fully saturated rings. The molecule has 2 heterocycles. The molecule has 2 aromatic rings. The van der Waals surface area contributed by atoms with E-state index in [1.165, 1.54) is 22.4 Å². The first kappa shape index (κ1) is 15.6. The van der Waals surface area contributed by atoms with Crippen LogP contribution in [-0.2, 0) is 12.0 Å². The topological polar surface area (TPSA) is 12.5 Å². The molecule has 0 saturated heterocycles. The van der Waals surface area contributed by atoms with Gasteiger partial charge < -0.3 is 9.64 Å². The Kier molecular flexibility index (Phi) is 2.96. The van der Waals surface area contributed by atoms with Crippen LogP contribution in [-0.4, -0.2) is 5.72 Å². The predicted molar refractivity (Wildman–Crippen MR) is 99.6 cm³/mol. The van der Waals surface area contributed by atoms with Crippen molar-refractivity contribution in [2.24, 2.45) is 5.41 Å². The Balaban J connectivity index is 2.01. The molecule has 0 aromatic heterocycles. The Hall–Kier alpha value is -1.96. The third-order valence-electron chi connectivity index (χ3n) is 5.91. The van der Waals surface area contributed by atoms with E-state index in [0.717, 1.165) is 12.3 Å². The van der Waals surface area contributed by atoms with Gasteiger partial charge >= 0.3 is 0 Å². The molecule has 0 saturated carbocycles. The van der Waals surface area contributed by atoms with Crippen LogP contribution >= 0.6 is 0 Å². The molecule has 0 aliphatic carbocycles. The normalized spacial score (nSPS) is 24.0. The van der Waals surface area contributed by atoms with E-state index < -0.39 is 5.72 Å². The second kappa shape index (κ2) is 4.56. The van der Waals surface area contributed by atoms with E-state index in [1.807, 2.05) is 0 Å². The van der Waals surface area contributed by atoms with Crippen LogP contribution in [0.15, 0.2) is 42.5 Å². The summed E-state index contributed by atoms with van der Waals surface area (Å²) in [4.78, 5) is 2.50. The zero-order chi connectivity index (χ0) is 17.3. The van der Waals surface area contributed by atoms with Gasteiger partial charge in [0.2, 0.25) is 0 Å². The van der Waals surface area contributed by atoms with Crippen LogP contribution in [0.25, 0.3) is 0 Å². The number of para-hydroxylation sites is 1. The summed E-state index contributed by atoms with van der Waals surface area (Å²) in [5.41, 5.74) is 4.71. The Labute approximate surface area is 145 Å². The van der Waals surface area contributed by atoms with Gasteiger partial charge in [0.05, 0.1) is 12.0 Å². The van der Waals surface area contributed by atoms with Crippen molar-refractivity contribution in [1.82, 2.24) is 0 Å². The lowest BCUT2D eigenvalue weighted by atomic mass is 9.65. The number of hydrogen-bond acceptors (Lipinski definition) is 2. The maximum atomic E-state index is 6.89. The number of anilines is 1. The largest absolute Gasteiger partial charge is 0.466 e. The first-order valence-electron chi connectivity index (χ1n) is 8.84. The minimum atomic E-state index is -0.397. The van der Waals surface area contributed by atoms with Crippen molar-refractivity contribution >= 4 is 5.69 Å². The maximum Gasteiger partial charge on any atom is 0.197 e. The first-order chi connectivity index (χ1) is 11.2. The van der Waals surface area contributed by atoms with Crippen LogP contribution in [0, 0.1) is 12.3 Å². The molecule has 24 heavy (non-hydrogen) atoms. The molecule has 2 aliphatic rings. The number of aryl methyl sites for hydroxylation is 1. The van der Waals surface area contributed by atoms with Crippen molar-refractivity contribution in [3.05, 3.63) is 59.2 Å². The average molecular weight is 321 g/mol. The summed E-state index contributed by atoms with van der Waals surface area (Å²) >= 11 is 0. The summed E-state index contributed by atoms with van der Waals surface area (Å²) in [5, 5.41) is 0. The molecule has 0 spiro atoms. The number of benzene rings is 2.